The molecule has 1 aromatic carbocycles. The molecule has 0 aliphatic heterocycles. The van der Waals surface area contributed by atoms with Crippen molar-refractivity contribution in [2.45, 2.75) is 32.2 Å². The number of halogens is 1. The number of unbranched alkanes of at least 4 members (excludes halogenated alkanes) is 2. The predicted octanol–water partition coefficient (Wildman–Crippen LogP) is 1.44. The Bertz CT molecular complexity index is 537. The number of esters is 1. The number of carbonyl (C=O) groups is 2. The van der Waals surface area contributed by atoms with Gasteiger partial charge in [0.2, 0.25) is 5.91 Å². The number of rotatable bonds is 8. The lowest BCUT2D eigenvalue weighted by molar-refractivity contribution is -0.121. The Morgan fingerprint density at radius 1 is 1.22 bits per heavy atom. The summed E-state index contributed by atoms with van der Waals surface area (Å²) in [5.41, 5.74) is 5.39. The third kappa shape index (κ3) is 6.33. The number of ether oxygens (including phenoxy) is 1. The zero-order valence-corrected chi connectivity index (χ0v) is 13.8. The summed E-state index contributed by atoms with van der Waals surface area (Å²) in [5.74, 6) is -1.76. The fourth-order valence-corrected chi connectivity index (χ4v) is 1.96. The van der Waals surface area contributed by atoms with Crippen LogP contribution >= 0.6 is 12.4 Å². The highest BCUT2D eigenvalue weighted by molar-refractivity contribution is 5.95. The maximum atomic E-state index is 11.7. The zero-order valence-electron chi connectivity index (χ0n) is 13.0. The van der Waals surface area contributed by atoms with Gasteiger partial charge in [0, 0.05) is 18.5 Å². The molecule has 0 radical (unpaired) electrons. The van der Waals surface area contributed by atoms with Crippen LogP contribution in [0, 0.1) is 0 Å². The van der Waals surface area contributed by atoms with Gasteiger partial charge in [-0.05, 0) is 31.5 Å². The van der Waals surface area contributed by atoms with E-state index in [4.69, 9.17) is 5.73 Å². The van der Waals surface area contributed by atoms with Crippen molar-refractivity contribution in [1.29, 1.82) is 0 Å². The Kier molecular flexibility index (Phi) is 9.76. The van der Waals surface area contributed by atoms with Crippen LogP contribution in [0.25, 0.3) is 0 Å². The second-order valence-electron chi connectivity index (χ2n) is 4.84. The summed E-state index contributed by atoms with van der Waals surface area (Å²) in [6.45, 7) is 0.672. The first-order chi connectivity index (χ1) is 10.5. The van der Waals surface area contributed by atoms with Crippen LogP contribution in [0.4, 0.5) is 0 Å². The van der Waals surface area contributed by atoms with Crippen molar-refractivity contribution in [2.75, 3.05) is 13.7 Å². The molecule has 130 valence electrons. The average Bonchev–Trinajstić information content (AvgIpc) is 2.50. The fraction of sp³-hybridized carbons (Fsp3) is 0.467. The van der Waals surface area contributed by atoms with Crippen molar-refractivity contribution in [3.8, 4) is 11.5 Å². The van der Waals surface area contributed by atoms with E-state index in [-0.39, 0.29) is 36.2 Å². The molecule has 5 N–H and O–H groups in total. The summed E-state index contributed by atoms with van der Waals surface area (Å²) < 4.78 is 4.50. The molecule has 0 aliphatic rings. The van der Waals surface area contributed by atoms with Crippen LogP contribution in [0.15, 0.2) is 12.1 Å². The second-order valence-corrected chi connectivity index (χ2v) is 4.84. The highest BCUT2D eigenvalue weighted by Gasteiger charge is 2.20. The highest BCUT2D eigenvalue weighted by Crippen LogP contribution is 2.31. The summed E-state index contributed by atoms with van der Waals surface area (Å²) in [4.78, 5) is 23.2. The Balaban J connectivity index is 0.00000484. The molecule has 1 amide bonds. The van der Waals surface area contributed by atoms with E-state index in [9.17, 15) is 19.8 Å². The van der Waals surface area contributed by atoms with Crippen LogP contribution in [0.5, 0.6) is 11.5 Å². The molecule has 0 bridgehead atoms. The number of nitrogens with one attached hydrogen (secondary N) is 1. The number of hydrogen-bond donors (Lipinski definition) is 4. The van der Waals surface area contributed by atoms with Gasteiger partial charge in [0.25, 0.3) is 0 Å². The predicted molar refractivity (Wildman–Crippen MR) is 87.7 cm³/mol. The minimum absolute atomic E-state index is 0. The number of phenolic OH excluding ortho intramolecular Hbond substituents is 2. The maximum Gasteiger partial charge on any atom is 0.345 e. The molecular weight excluding hydrogens is 324 g/mol. The molecular formula is C15H23ClN2O5. The molecule has 23 heavy (non-hydrogen) atoms. The van der Waals surface area contributed by atoms with E-state index >= 15 is 0 Å². The van der Waals surface area contributed by atoms with Crippen LogP contribution in [-0.2, 0) is 16.1 Å². The van der Waals surface area contributed by atoms with Gasteiger partial charge in [-0.15, -0.1) is 12.4 Å². The monoisotopic (exact) mass is 346 g/mol. The molecule has 1 aromatic rings. The van der Waals surface area contributed by atoms with Crippen molar-refractivity contribution in [2.24, 2.45) is 5.73 Å². The van der Waals surface area contributed by atoms with E-state index in [0.717, 1.165) is 26.4 Å². The first-order valence-electron chi connectivity index (χ1n) is 7.10. The van der Waals surface area contributed by atoms with Crippen molar-refractivity contribution >= 4 is 24.3 Å². The van der Waals surface area contributed by atoms with E-state index in [1.165, 1.54) is 12.1 Å². The van der Waals surface area contributed by atoms with Gasteiger partial charge in [-0.25, -0.2) is 4.79 Å². The van der Waals surface area contributed by atoms with Crippen LogP contribution in [0.3, 0.4) is 0 Å². The average molecular weight is 347 g/mol. The first kappa shape index (κ1) is 21.0. The summed E-state index contributed by atoms with van der Waals surface area (Å²) in [5, 5.41) is 22.3. The van der Waals surface area contributed by atoms with Crippen LogP contribution < -0.4 is 11.1 Å². The second kappa shape index (κ2) is 10.7. The van der Waals surface area contributed by atoms with Crippen molar-refractivity contribution in [3.05, 3.63) is 23.3 Å². The van der Waals surface area contributed by atoms with E-state index < -0.39 is 11.7 Å². The highest BCUT2D eigenvalue weighted by atomic mass is 35.5. The standard InChI is InChI=1S/C15H22N2O5.ClH/c1-22-15(21)13-11(18)7-6-10(14(13)20)9-17-12(19)5-3-2-4-8-16;/h6-7,18,20H,2-5,8-9,16H2,1H3,(H,17,19);1H. The lowest BCUT2D eigenvalue weighted by Crippen LogP contribution is -2.22. The molecule has 0 saturated carbocycles. The molecule has 7 nitrogen and oxygen atoms in total. The number of benzene rings is 1. The Hall–Kier alpha value is -1.99. The SMILES string of the molecule is COC(=O)c1c(O)ccc(CNC(=O)CCCCCN)c1O.Cl. The van der Waals surface area contributed by atoms with Gasteiger partial charge in [-0.1, -0.05) is 6.42 Å². The molecule has 0 aliphatic carbocycles. The Morgan fingerprint density at radius 2 is 1.91 bits per heavy atom. The van der Waals surface area contributed by atoms with Crippen LogP contribution in [-0.4, -0.2) is 35.7 Å². The summed E-state index contributed by atoms with van der Waals surface area (Å²) in [6.07, 6.45) is 2.90. The molecule has 0 saturated heterocycles. The van der Waals surface area contributed by atoms with E-state index in [1.54, 1.807) is 0 Å². The first-order valence-corrected chi connectivity index (χ1v) is 7.10. The summed E-state index contributed by atoms with van der Waals surface area (Å²) >= 11 is 0. The largest absolute Gasteiger partial charge is 0.507 e. The quantitative estimate of drug-likeness (QED) is 0.417. The smallest absolute Gasteiger partial charge is 0.345 e. The van der Waals surface area contributed by atoms with Gasteiger partial charge in [0.15, 0.2) is 0 Å². The third-order valence-corrected chi connectivity index (χ3v) is 3.21. The number of amides is 1. The van der Waals surface area contributed by atoms with E-state index in [0.29, 0.717) is 18.5 Å². The molecule has 0 spiro atoms. The van der Waals surface area contributed by atoms with Gasteiger partial charge in [-0.3, -0.25) is 4.79 Å². The number of hydrogen-bond acceptors (Lipinski definition) is 6. The molecule has 8 heteroatoms. The van der Waals surface area contributed by atoms with Crippen molar-refractivity contribution < 1.29 is 24.5 Å². The number of phenols is 2. The van der Waals surface area contributed by atoms with Gasteiger partial charge >= 0.3 is 5.97 Å². The Morgan fingerprint density at radius 3 is 2.52 bits per heavy atom. The molecule has 0 fully saturated rings. The number of nitrogens with two attached hydrogens (primary N) is 1. The van der Waals surface area contributed by atoms with Crippen molar-refractivity contribution in [3.63, 3.8) is 0 Å². The topological polar surface area (TPSA) is 122 Å². The van der Waals surface area contributed by atoms with Gasteiger partial charge in [0.1, 0.15) is 17.1 Å². The van der Waals surface area contributed by atoms with Gasteiger partial charge in [-0.2, -0.15) is 0 Å². The zero-order chi connectivity index (χ0) is 16.5. The summed E-state index contributed by atoms with van der Waals surface area (Å²) in [7, 11) is 1.15. The van der Waals surface area contributed by atoms with Crippen molar-refractivity contribution in [1.82, 2.24) is 5.32 Å². The van der Waals surface area contributed by atoms with Gasteiger partial charge in [0.05, 0.1) is 7.11 Å². The molecule has 0 heterocycles. The minimum atomic E-state index is -0.843. The lowest BCUT2D eigenvalue weighted by Gasteiger charge is -2.11. The van der Waals surface area contributed by atoms with E-state index in [2.05, 4.69) is 10.1 Å². The molecule has 0 atom stereocenters. The Labute approximate surface area is 141 Å². The van der Waals surface area contributed by atoms with Crippen LogP contribution in [0.2, 0.25) is 0 Å². The normalized spacial score (nSPS) is 9.83. The molecule has 0 unspecified atom stereocenters. The third-order valence-electron chi connectivity index (χ3n) is 3.21. The van der Waals surface area contributed by atoms with E-state index in [1.807, 2.05) is 0 Å². The number of carbonyl (C=O) groups excluding carboxylic acids is 2. The van der Waals surface area contributed by atoms with Gasteiger partial charge < -0.3 is 26.0 Å². The molecule has 0 aromatic heterocycles. The lowest BCUT2D eigenvalue weighted by atomic mass is 10.1. The maximum absolute atomic E-state index is 11.7. The molecule has 1 rings (SSSR count). The van der Waals surface area contributed by atoms with Crippen LogP contribution in [0.1, 0.15) is 41.6 Å². The number of aromatic hydroxyl groups is 2. The fourth-order valence-electron chi connectivity index (χ4n) is 1.96. The minimum Gasteiger partial charge on any atom is -0.507 e. The number of methoxy groups -OCH3 is 1. The summed E-state index contributed by atoms with van der Waals surface area (Å²) in [6, 6.07) is 2.71.